The van der Waals surface area contributed by atoms with Gasteiger partial charge in [-0.2, -0.15) is 0 Å². The third-order valence-electron chi connectivity index (χ3n) is 3.90. The van der Waals surface area contributed by atoms with E-state index in [1.165, 1.54) is 6.26 Å². The predicted molar refractivity (Wildman–Crippen MR) is 71.3 cm³/mol. The molecule has 106 valence electrons. The minimum atomic E-state index is -2.98. The molecule has 4 nitrogen and oxygen atoms in total. The van der Waals surface area contributed by atoms with E-state index in [9.17, 15) is 13.2 Å². The molecule has 0 saturated heterocycles. The van der Waals surface area contributed by atoms with Crippen molar-refractivity contribution in [1.29, 1.82) is 0 Å². The molecule has 1 aliphatic carbocycles. The summed E-state index contributed by atoms with van der Waals surface area (Å²) in [4.78, 5) is 12.2. The quantitative estimate of drug-likeness (QED) is 0.744. The van der Waals surface area contributed by atoms with E-state index in [0.29, 0.717) is 18.8 Å². The first kappa shape index (κ1) is 15.6. The number of sulfone groups is 1. The SMILES string of the molecule is COC1(C(=O)CCCS(C)(=O)=O)CCC(C)CC1. The van der Waals surface area contributed by atoms with Gasteiger partial charge in [0.15, 0.2) is 5.78 Å². The largest absolute Gasteiger partial charge is 0.370 e. The Morgan fingerprint density at radius 2 is 1.89 bits per heavy atom. The van der Waals surface area contributed by atoms with E-state index < -0.39 is 15.4 Å². The van der Waals surface area contributed by atoms with E-state index in [2.05, 4.69) is 6.92 Å². The summed E-state index contributed by atoms with van der Waals surface area (Å²) < 4.78 is 27.6. The third kappa shape index (κ3) is 4.35. The maximum Gasteiger partial charge on any atom is 0.164 e. The Kier molecular flexibility index (Phi) is 5.34. The minimum Gasteiger partial charge on any atom is -0.370 e. The molecule has 1 saturated carbocycles. The zero-order chi connectivity index (χ0) is 13.8. The molecule has 1 fully saturated rings. The molecule has 1 rings (SSSR count). The normalized spacial score (nSPS) is 29.2. The lowest BCUT2D eigenvalue weighted by molar-refractivity contribution is -0.146. The van der Waals surface area contributed by atoms with Crippen molar-refractivity contribution in [1.82, 2.24) is 0 Å². The summed E-state index contributed by atoms with van der Waals surface area (Å²) >= 11 is 0. The van der Waals surface area contributed by atoms with Crippen molar-refractivity contribution in [3.8, 4) is 0 Å². The zero-order valence-corrected chi connectivity index (χ0v) is 12.4. The van der Waals surface area contributed by atoms with E-state index in [4.69, 9.17) is 4.74 Å². The molecule has 0 N–H and O–H groups in total. The van der Waals surface area contributed by atoms with Gasteiger partial charge in [0.25, 0.3) is 0 Å². The van der Waals surface area contributed by atoms with Gasteiger partial charge in [0.1, 0.15) is 15.4 Å². The van der Waals surface area contributed by atoms with E-state index in [1.807, 2.05) is 0 Å². The lowest BCUT2D eigenvalue weighted by Crippen LogP contribution is -2.43. The van der Waals surface area contributed by atoms with Gasteiger partial charge in [0.05, 0.1) is 5.75 Å². The molecule has 0 unspecified atom stereocenters. The van der Waals surface area contributed by atoms with Gasteiger partial charge in [0.2, 0.25) is 0 Å². The van der Waals surface area contributed by atoms with Crippen LogP contribution in [-0.4, -0.2) is 38.9 Å². The fraction of sp³-hybridized carbons (Fsp3) is 0.923. The maximum absolute atomic E-state index is 12.2. The number of hydrogen-bond donors (Lipinski definition) is 0. The lowest BCUT2D eigenvalue weighted by atomic mass is 9.76. The molecule has 0 aromatic rings. The molecule has 1 aliphatic rings. The number of ether oxygens (including phenoxy) is 1. The Hall–Kier alpha value is -0.420. The Labute approximate surface area is 110 Å². The van der Waals surface area contributed by atoms with Gasteiger partial charge < -0.3 is 4.74 Å². The van der Waals surface area contributed by atoms with Crippen LogP contribution in [0.3, 0.4) is 0 Å². The van der Waals surface area contributed by atoms with Gasteiger partial charge in [-0.15, -0.1) is 0 Å². The van der Waals surface area contributed by atoms with Gasteiger partial charge in [-0.1, -0.05) is 6.92 Å². The van der Waals surface area contributed by atoms with Gasteiger partial charge in [-0.3, -0.25) is 4.79 Å². The molecule has 0 aliphatic heterocycles. The Bertz CT molecular complexity index is 378. The summed E-state index contributed by atoms with van der Waals surface area (Å²) in [7, 11) is -1.39. The van der Waals surface area contributed by atoms with Crippen molar-refractivity contribution in [3.05, 3.63) is 0 Å². The first-order chi connectivity index (χ1) is 8.29. The van der Waals surface area contributed by atoms with Gasteiger partial charge in [0, 0.05) is 19.8 Å². The molecule has 0 aromatic heterocycles. The summed E-state index contributed by atoms with van der Waals surface area (Å²) in [6.45, 7) is 2.19. The molecule has 0 aromatic carbocycles. The Balaban J connectivity index is 2.52. The number of Topliss-reactive ketones (excluding diaryl/α,β-unsaturated/α-hetero) is 1. The highest BCUT2D eigenvalue weighted by Gasteiger charge is 2.40. The number of rotatable bonds is 6. The van der Waals surface area contributed by atoms with Gasteiger partial charge in [-0.25, -0.2) is 8.42 Å². The molecule has 0 atom stereocenters. The summed E-state index contributed by atoms with van der Waals surface area (Å²) in [5, 5.41) is 0. The molecular weight excluding hydrogens is 252 g/mol. The van der Waals surface area contributed by atoms with Crippen LogP contribution in [0.2, 0.25) is 0 Å². The van der Waals surface area contributed by atoms with E-state index in [-0.39, 0.29) is 11.5 Å². The highest BCUT2D eigenvalue weighted by atomic mass is 32.2. The van der Waals surface area contributed by atoms with Crippen LogP contribution >= 0.6 is 0 Å². The summed E-state index contributed by atoms with van der Waals surface area (Å²) in [6, 6.07) is 0. The third-order valence-corrected chi connectivity index (χ3v) is 4.93. The van der Waals surface area contributed by atoms with Crippen molar-refractivity contribution in [3.63, 3.8) is 0 Å². The second-order valence-electron chi connectivity index (χ2n) is 5.54. The molecule has 0 bridgehead atoms. The standard InChI is InChI=1S/C13H24O4S/c1-11-6-8-13(17-2,9-7-11)12(14)5-4-10-18(3,15)16/h11H,4-10H2,1-3H3. The second kappa shape index (κ2) is 6.15. The highest BCUT2D eigenvalue weighted by Crippen LogP contribution is 2.35. The fourth-order valence-electron chi connectivity index (χ4n) is 2.55. The summed E-state index contributed by atoms with van der Waals surface area (Å²) in [6.07, 6.45) is 5.45. The monoisotopic (exact) mass is 276 g/mol. The van der Waals surface area contributed by atoms with Crippen LogP contribution in [0.4, 0.5) is 0 Å². The van der Waals surface area contributed by atoms with Gasteiger partial charge in [-0.05, 0) is 38.0 Å². The van der Waals surface area contributed by atoms with Crippen molar-refractivity contribution in [2.45, 2.75) is 51.0 Å². The van der Waals surface area contributed by atoms with Crippen LogP contribution in [0.1, 0.15) is 45.4 Å². The van der Waals surface area contributed by atoms with Gasteiger partial charge >= 0.3 is 0 Å². The number of ketones is 1. The zero-order valence-electron chi connectivity index (χ0n) is 11.6. The first-order valence-corrected chi connectivity index (χ1v) is 8.61. The topological polar surface area (TPSA) is 60.4 Å². The molecule has 0 spiro atoms. The van der Waals surface area contributed by atoms with Crippen molar-refractivity contribution in [2.24, 2.45) is 5.92 Å². The number of hydrogen-bond acceptors (Lipinski definition) is 4. The van der Waals surface area contributed by atoms with Crippen LogP contribution < -0.4 is 0 Å². The Morgan fingerprint density at radius 1 is 1.33 bits per heavy atom. The smallest absolute Gasteiger partial charge is 0.164 e. The average Bonchev–Trinajstić information content (AvgIpc) is 2.28. The molecule has 5 heteroatoms. The van der Waals surface area contributed by atoms with Crippen molar-refractivity contribution in [2.75, 3.05) is 19.1 Å². The number of carbonyl (C=O) groups excluding carboxylic acids is 1. The lowest BCUT2D eigenvalue weighted by Gasteiger charge is -2.37. The fourth-order valence-corrected chi connectivity index (χ4v) is 3.22. The Morgan fingerprint density at radius 3 is 2.33 bits per heavy atom. The first-order valence-electron chi connectivity index (χ1n) is 6.55. The number of carbonyl (C=O) groups is 1. The maximum atomic E-state index is 12.2. The highest BCUT2D eigenvalue weighted by molar-refractivity contribution is 7.90. The molecule has 0 radical (unpaired) electrons. The molecule has 0 heterocycles. The van der Waals surface area contributed by atoms with E-state index in [1.54, 1.807) is 7.11 Å². The number of methoxy groups -OCH3 is 1. The van der Waals surface area contributed by atoms with Crippen LogP contribution in [0.25, 0.3) is 0 Å². The molecular formula is C13H24O4S. The van der Waals surface area contributed by atoms with Crippen LogP contribution in [0, 0.1) is 5.92 Å². The van der Waals surface area contributed by atoms with E-state index in [0.717, 1.165) is 25.7 Å². The van der Waals surface area contributed by atoms with Crippen molar-refractivity contribution < 1.29 is 17.9 Å². The van der Waals surface area contributed by atoms with Crippen LogP contribution in [-0.2, 0) is 19.4 Å². The second-order valence-corrected chi connectivity index (χ2v) is 7.80. The summed E-state index contributed by atoms with van der Waals surface area (Å²) in [5.74, 6) is 0.798. The van der Waals surface area contributed by atoms with Crippen LogP contribution in [0.15, 0.2) is 0 Å². The molecule has 18 heavy (non-hydrogen) atoms. The average molecular weight is 276 g/mol. The minimum absolute atomic E-state index is 0.0700. The summed E-state index contributed by atoms with van der Waals surface area (Å²) in [5.41, 5.74) is -0.649. The molecule has 0 amide bonds. The van der Waals surface area contributed by atoms with E-state index >= 15 is 0 Å². The predicted octanol–water partition coefficient (Wildman–Crippen LogP) is 1.98. The van der Waals surface area contributed by atoms with Crippen molar-refractivity contribution >= 4 is 15.6 Å². The van der Waals surface area contributed by atoms with Crippen LogP contribution in [0.5, 0.6) is 0 Å².